The summed E-state index contributed by atoms with van der Waals surface area (Å²) in [6, 6.07) is 6.14. The predicted molar refractivity (Wildman–Crippen MR) is 80.4 cm³/mol. The molecular formula is C14H14BrNO2S. The Morgan fingerprint density at radius 2 is 2.05 bits per heavy atom. The van der Waals surface area contributed by atoms with E-state index in [9.17, 15) is 0 Å². The molecule has 0 spiro atoms. The zero-order chi connectivity index (χ0) is 13.2. The number of para-hydroxylation sites is 1. The predicted octanol–water partition coefficient (Wildman–Crippen LogP) is 3.59. The second-order valence-corrected chi connectivity index (χ2v) is 5.87. The number of halogens is 1. The lowest BCUT2D eigenvalue weighted by atomic mass is 10.00. The SMILES string of the molecule is CNC(c1cscc1Br)c1cccc2c1OCCO2. The number of ether oxygens (including phenoxy) is 2. The van der Waals surface area contributed by atoms with Crippen LogP contribution >= 0.6 is 27.3 Å². The number of benzene rings is 1. The zero-order valence-electron chi connectivity index (χ0n) is 10.5. The maximum absolute atomic E-state index is 5.80. The van der Waals surface area contributed by atoms with Crippen molar-refractivity contribution in [2.45, 2.75) is 6.04 Å². The Hall–Kier alpha value is -1.04. The van der Waals surface area contributed by atoms with Gasteiger partial charge in [-0.25, -0.2) is 0 Å². The summed E-state index contributed by atoms with van der Waals surface area (Å²) >= 11 is 5.28. The average molecular weight is 340 g/mol. The van der Waals surface area contributed by atoms with Crippen molar-refractivity contribution >= 4 is 27.3 Å². The van der Waals surface area contributed by atoms with Crippen molar-refractivity contribution in [3.8, 4) is 11.5 Å². The van der Waals surface area contributed by atoms with E-state index in [1.165, 1.54) is 5.56 Å². The summed E-state index contributed by atoms with van der Waals surface area (Å²) in [6.07, 6.45) is 0. The molecule has 1 N–H and O–H groups in total. The lowest BCUT2D eigenvalue weighted by molar-refractivity contribution is 0.169. The summed E-state index contributed by atoms with van der Waals surface area (Å²) in [5.41, 5.74) is 2.33. The van der Waals surface area contributed by atoms with E-state index in [2.05, 4.69) is 38.1 Å². The largest absolute Gasteiger partial charge is 0.486 e. The fourth-order valence-electron chi connectivity index (χ4n) is 2.30. The summed E-state index contributed by atoms with van der Waals surface area (Å²) in [6.45, 7) is 1.22. The van der Waals surface area contributed by atoms with Crippen LogP contribution < -0.4 is 14.8 Å². The third-order valence-electron chi connectivity index (χ3n) is 3.15. The number of thiophene rings is 1. The molecule has 0 radical (unpaired) electrons. The van der Waals surface area contributed by atoms with Crippen LogP contribution in [0.3, 0.4) is 0 Å². The first-order valence-corrected chi connectivity index (χ1v) is 7.82. The van der Waals surface area contributed by atoms with E-state index >= 15 is 0 Å². The van der Waals surface area contributed by atoms with Crippen molar-refractivity contribution < 1.29 is 9.47 Å². The van der Waals surface area contributed by atoms with Crippen LogP contribution in [0.2, 0.25) is 0 Å². The summed E-state index contributed by atoms with van der Waals surface area (Å²) in [4.78, 5) is 0. The van der Waals surface area contributed by atoms with Gasteiger partial charge >= 0.3 is 0 Å². The lowest BCUT2D eigenvalue weighted by Crippen LogP contribution is -2.22. The highest BCUT2D eigenvalue weighted by molar-refractivity contribution is 9.10. The molecular weight excluding hydrogens is 326 g/mol. The van der Waals surface area contributed by atoms with Gasteiger partial charge in [0.15, 0.2) is 11.5 Å². The minimum absolute atomic E-state index is 0.0947. The van der Waals surface area contributed by atoms with E-state index in [0.717, 1.165) is 21.5 Å². The van der Waals surface area contributed by atoms with E-state index in [1.54, 1.807) is 11.3 Å². The molecule has 3 rings (SSSR count). The number of nitrogens with one attached hydrogen (secondary N) is 1. The van der Waals surface area contributed by atoms with Gasteiger partial charge in [0.25, 0.3) is 0 Å². The van der Waals surface area contributed by atoms with Gasteiger partial charge in [-0.2, -0.15) is 11.3 Å². The lowest BCUT2D eigenvalue weighted by Gasteiger charge is -2.25. The summed E-state index contributed by atoms with van der Waals surface area (Å²) in [5.74, 6) is 1.68. The van der Waals surface area contributed by atoms with Gasteiger partial charge in [-0.05, 0) is 40.0 Å². The van der Waals surface area contributed by atoms with Gasteiger partial charge < -0.3 is 14.8 Å². The van der Waals surface area contributed by atoms with Crippen LogP contribution in [0.1, 0.15) is 17.2 Å². The fraction of sp³-hybridized carbons (Fsp3) is 0.286. The molecule has 2 aromatic rings. The molecule has 0 amide bonds. The van der Waals surface area contributed by atoms with Crippen molar-refractivity contribution in [1.29, 1.82) is 0 Å². The van der Waals surface area contributed by atoms with Crippen LogP contribution in [0.25, 0.3) is 0 Å². The molecule has 0 saturated heterocycles. The first-order chi connectivity index (χ1) is 9.31. The van der Waals surface area contributed by atoms with Gasteiger partial charge in [0.1, 0.15) is 13.2 Å². The van der Waals surface area contributed by atoms with Crippen molar-refractivity contribution in [3.05, 3.63) is 44.6 Å². The number of fused-ring (bicyclic) bond motifs is 1. The Morgan fingerprint density at radius 1 is 1.21 bits per heavy atom. The molecule has 1 unspecified atom stereocenters. The monoisotopic (exact) mass is 339 g/mol. The smallest absolute Gasteiger partial charge is 0.166 e. The van der Waals surface area contributed by atoms with Crippen molar-refractivity contribution in [2.75, 3.05) is 20.3 Å². The van der Waals surface area contributed by atoms with Crippen LogP contribution in [0, 0.1) is 0 Å². The topological polar surface area (TPSA) is 30.5 Å². The van der Waals surface area contributed by atoms with E-state index in [0.29, 0.717) is 13.2 Å². The van der Waals surface area contributed by atoms with Crippen LogP contribution in [0.5, 0.6) is 11.5 Å². The van der Waals surface area contributed by atoms with Crippen molar-refractivity contribution in [2.24, 2.45) is 0 Å². The van der Waals surface area contributed by atoms with Crippen LogP contribution in [-0.2, 0) is 0 Å². The highest BCUT2D eigenvalue weighted by Crippen LogP contribution is 2.41. The molecule has 1 aliphatic heterocycles. The molecule has 5 heteroatoms. The molecule has 0 fully saturated rings. The second kappa shape index (κ2) is 5.53. The molecule has 2 heterocycles. The molecule has 1 aliphatic rings. The minimum atomic E-state index is 0.0947. The van der Waals surface area contributed by atoms with E-state index in [-0.39, 0.29) is 6.04 Å². The van der Waals surface area contributed by atoms with Crippen LogP contribution in [0.15, 0.2) is 33.4 Å². The van der Waals surface area contributed by atoms with Gasteiger partial charge in [-0.15, -0.1) is 0 Å². The molecule has 3 nitrogen and oxygen atoms in total. The minimum Gasteiger partial charge on any atom is -0.486 e. The normalized spacial score (nSPS) is 15.3. The van der Waals surface area contributed by atoms with Crippen LogP contribution in [0.4, 0.5) is 0 Å². The van der Waals surface area contributed by atoms with Crippen molar-refractivity contribution in [1.82, 2.24) is 5.32 Å². The Balaban J connectivity index is 2.07. The van der Waals surface area contributed by atoms with Gasteiger partial charge in [0, 0.05) is 15.4 Å². The first-order valence-electron chi connectivity index (χ1n) is 6.08. The standard InChI is InChI=1S/C14H14BrNO2S/c1-16-13(10-7-19-8-11(10)15)9-3-2-4-12-14(9)18-6-5-17-12/h2-4,7-8,13,16H,5-6H2,1H3. The third kappa shape index (κ3) is 2.38. The first kappa shape index (κ1) is 13.0. The molecule has 1 atom stereocenters. The van der Waals surface area contributed by atoms with Gasteiger partial charge in [-0.3, -0.25) is 0 Å². The van der Waals surface area contributed by atoms with E-state index < -0.39 is 0 Å². The molecule has 0 bridgehead atoms. The summed E-state index contributed by atoms with van der Waals surface area (Å²) < 4.78 is 12.6. The number of hydrogen-bond donors (Lipinski definition) is 1. The number of rotatable bonds is 3. The van der Waals surface area contributed by atoms with E-state index in [4.69, 9.17) is 9.47 Å². The molecule has 0 saturated carbocycles. The maximum Gasteiger partial charge on any atom is 0.166 e. The molecule has 0 aliphatic carbocycles. The highest BCUT2D eigenvalue weighted by Gasteiger charge is 2.23. The highest BCUT2D eigenvalue weighted by atomic mass is 79.9. The molecule has 19 heavy (non-hydrogen) atoms. The summed E-state index contributed by atoms with van der Waals surface area (Å²) in [7, 11) is 1.96. The molecule has 1 aromatic carbocycles. The molecule has 100 valence electrons. The second-order valence-electron chi connectivity index (χ2n) is 4.27. The quantitative estimate of drug-likeness (QED) is 0.926. The summed E-state index contributed by atoms with van der Waals surface area (Å²) in [5, 5.41) is 7.59. The van der Waals surface area contributed by atoms with Crippen LogP contribution in [-0.4, -0.2) is 20.3 Å². The Morgan fingerprint density at radius 3 is 2.79 bits per heavy atom. The Labute approximate surface area is 124 Å². The van der Waals surface area contributed by atoms with E-state index in [1.807, 2.05) is 19.2 Å². The fourth-order valence-corrected chi connectivity index (χ4v) is 3.85. The third-order valence-corrected chi connectivity index (χ3v) is 4.90. The van der Waals surface area contributed by atoms with Crippen molar-refractivity contribution in [3.63, 3.8) is 0 Å². The number of hydrogen-bond acceptors (Lipinski definition) is 4. The Bertz CT molecular complexity index is 585. The molecule has 1 aromatic heterocycles. The van der Waals surface area contributed by atoms with Gasteiger partial charge in [-0.1, -0.05) is 12.1 Å². The Kier molecular flexibility index (Phi) is 3.77. The zero-order valence-corrected chi connectivity index (χ0v) is 12.9. The van der Waals surface area contributed by atoms with Gasteiger partial charge in [0.2, 0.25) is 0 Å². The maximum atomic E-state index is 5.80. The van der Waals surface area contributed by atoms with Gasteiger partial charge in [0.05, 0.1) is 6.04 Å². The average Bonchev–Trinajstić information content (AvgIpc) is 2.86.